The van der Waals surface area contributed by atoms with Crippen LogP contribution in [0.2, 0.25) is 0 Å². The van der Waals surface area contributed by atoms with E-state index in [0.29, 0.717) is 36.2 Å². The van der Waals surface area contributed by atoms with Gasteiger partial charge in [-0.2, -0.15) is 0 Å². The molecule has 1 atom stereocenters. The van der Waals surface area contributed by atoms with Gasteiger partial charge in [-0.15, -0.1) is 0 Å². The van der Waals surface area contributed by atoms with Gasteiger partial charge in [0.15, 0.2) is 0 Å². The molecule has 2 aromatic rings. The quantitative estimate of drug-likeness (QED) is 0.556. The Balaban J connectivity index is 1.93. The predicted octanol–water partition coefficient (Wildman–Crippen LogP) is 4.18. The van der Waals surface area contributed by atoms with Crippen molar-refractivity contribution in [1.82, 2.24) is 4.98 Å². The number of aliphatic imine (C=N–C) groups is 1. The fourth-order valence-corrected chi connectivity index (χ4v) is 3.76. The summed E-state index contributed by atoms with van der Waals surface area (Å²) in [6.07, 6.45) is 4.38. The van der Waals surface area contributed by atoms with E-state index in [0.717, 1.165) is 16.7 Å². The molecule has 0 saturated heterocycles. The van der Waals surface area contributed by atoms with Gasteiger partial charge in [0.1, 0.15) is 5.82 Å². The lowest BCUT2D eigenvalue weighted by Gasteiger charge is -2.26. The molecule has 5 nitrogen and oxygen atoms in total. The Kier molecular flexibility index (Phi) is 5.98. The molecule has 0 aliphatic carbocycles. The number of hydrogen-bond donors (Lipinski definition) is 0. The molecule has 0 saturated carbocycles. The van der Waals surface area contributed by atoms with E-state index in [4.69, 9.17) is 0 Å². The van der Waals surface area contributed by atoms with E-state index >= 15 is 0 Å². The van der Waals surface area contributed by atoms with Crippen LogP contribution in [0.25, 0.3) is 11.1 Å². The summed E-state index contributed by atoms with van der Waals surface area (Å²) in [6.45, 7) is 7.93. The highest BCUT2D eigenvalue weighted by atomic mass is 32.2. The molecule has 7 heteroatoms. The first-order chi connectivity index (χ1) is 13.6. The Labute approximate surface area is 173 Å². The second-order valence-corrected chi connectivity index (χ2v) is 10.3. The Hall–Kier alpha value is -2.41. The average Bonchev–Trinajstić information content (AvgIpc) is 2.65. The van der Waals surface area contributed by atoms with Gasteiger partial charge in [-0.25, -0.2) is 4.39 Å². The highest BCUT2D eigenvalue weighted by Gasteiger charge is 2.24. The number of rotatable bonds is 4. The van der Waals surface area contributed by atoms with Crippen molar-refractivity contribution in [1.29, 1.82) is 0 Å². The van der Waals surface area contributed by atoms with Crippen LogP contribution in [0.5, 0.6) is 0 Å². The highest BCUT2D eigenvalue weighted by molar-refractivity contribution is 7.99. The highest BCUT2D eigenvalue weighted by Crippen LogP contribution is 2.35. The van der Waals surface area contributed by atoms with Gasteiger partial charge in [0.05, 0.1) is 22.9 Å². The molecule has 0 radical (unpaired) electrons. The maximum atomic E-state index is 14.9. The summed E-state index contributed by atoms with van der Waals surface area (Å²) >= 11 is 0. The summed E-state index contributed by atoms with van der Waals surface area (Å²) < 4.78 is 26.7. The molecule has 0 fully saturated rings. The van der Waals surface area contributed by atoms with Gasteiger partial charge in [-0.3, -0.25) is 19.0 Å². The van der Waals surface area contributed by atoms with Gasteiger partial charge in [-0.05, 0) is 62.9 Å². The zero-order chi connectivity index (χ0) is 21.3. The largest absolute Gasteiger partial charge is 0.315 e. The first kappa shape index (κ1) is 21.3. The minimum atomic E-state index is -1.17. The smallest absolute Gasteiger partial charge is 0.227 e. The second-order valence-electron chi connectivity index (χ2n) is 8.24. The zero-order valence-corrected chi connectivity index (χ0v) is 18.3. The van der Waals surface area contributed by atoms with Crippen LogP contribution in [0.4, 0.5) is 10.1 Å². The van der Waals surface area contributed by atoms with E-state index in [-0.39, 0.29) is 16.5 Å². The van der Waals surface area contributed by atoms with Crippen LogP contribution >= 0.6 is 0 Å². The molecule has 29 heavy (non-hydrogen) atoms. The number of aryl methyl sites for hydroxylation is 1. The normalized spacial score (nSPS) is 15.7. The van der Waals surface area contributed by atoms with Crippen LogP contribution in [0.15, 0.2) is 29.5 Å². The Morgan fingerprint density at radius 2 is 1.97 bits per heavy atom. The summed E-state index contributed by atoms with van der Waals surface area (Å²) in [5, 5.41) is 0. The van der Waals surface area contributed by atoms with Crippen LogP contribution in [-0.2, 0) is 28.6 Å². The van der Waals surface area contributed by atoms with Crippen molar-refractivity contribution >= 4 is 27.9 Å². The van der Waals surface area contributed by atoms with Crippen molar-refractivity contribution in [2.24, 2.45) is 4.99 Å². The second kappa shape index (κ2) is 8.14. The van der Waals surface area contributed by atoms with Gasteiger partial charge in [0, 0.05) is 47.4 Å². The van der Waals surface area contributed by atoms with Crippen LogP contribution in [0.1, 0.15) is 43.9 Å². The SMILES string of the molecule is Cc1c(CN=CS(=O)C(C)(C)C)cncc1-c1cc2c(cc1F)N(C)C(=O)CC2. The fourth-order valence-electron chi connectivity index (χ4n) is 3.23. The summed E-state index contributed by atoms with van der Waals surface area (Å²) in [5.74, 6) is -0.389. The zero-order valence-electron chi connectivity index (χ0n) is 17.5. The monoisotopic (exact) mass is 415 g/mol. The first-order valence-corrected chi connectivity index (χ1v) is 10.7. The maximum Gasteiger partial charge on any atom is 0.227 e. The number of carbonyl (C=O) groups is 1. The number of pyridine rings is 1. The van der Waals surface area contributed by atoms with Gasteiger partial charge >= 0.3 is 0 Å². The van der Waals surface area contributed by atoms with Crippen molar-refractivity contribution in [3.8, 4) is 11.1 Å². The summed E-state index contributed by atoms with van der Waals surface area (Å²) in [7, 11) is 0.498. The maximum absolute atomic E-state index is 14.9. The van der Waals surface area contributed by atoms with Gasteiger partial charge < -0.3 is 4.90 Å². The molecular formula is C22H26FN3O2S. The number of aromatic nitrogens is 1. The molecule has 1 unspecified atom stereocenters. The molecule has 1 aliphatic heterocycles. The third-order valence-electron chi connectivity index (χ3n) is 5.16. The van der Waals surface area contributed by atoms with Crippen molar-refractivity contribution in [2.75, 3.05) is 11.9 Å². The lowest BCUT2D eigenvalue weighted by molar-refractivity contribution is -0.118. The lowest BCUT2D eigenvalue weighted by Crippen LogP contribution is -2.31. The minimum Gasteiger partial charge on any atom is -0.315 e. The number of amides is 1. The molecule has 1 amide bonds. The molecule has 1 aromatic carbocycles. The van der Waals surface area contributed by atoms with Gasteiger partial charge in [0.25, 0.3) is 0 Å². The molecular weight excluding hydrogens is 389 g/mol. The van der Waals surface area contributed by atoms with Gasteiger partial charge in [0.2, 0.25) is 5.91 Å². The van der Waals surface area contributed by atoms with Crippen LogP contribution < -0.4 is 4.90 Å². The molecule has 0 N–H and O–H groups in total. The van der Waals surface area contributed by atoms with Crippen molar-refractivity contribution in [3.63, 3.8) is 0 Å². The number of fused-ring (bicyclic) bond motifs is 1. The molecule has 0 bridgehead atoms. The van der Waals surface area contributed by atoms with Crippen molar-refractivity contribution in [2.45, 2.75) is 51.8 Å². The van der Waals surface area contributed by atoms with Crippen molar-refractivity contribution < 1.29 is 13.4 Å². The lowest BCUT2D eigenvalue weighted by atomic mass is 9.93. The average molecular weight is 416 g/mol. The summed E-state index contributed by atoms with van der Waals surface area (Å²) in [5.41, 5.74) is 5.96. The van der Waals surface area contributed by atoms with Crippen LogP contribution in [-0.4, -0.2) is 32.4 Å². The fraction of sp³-hybridized carbons (Fsp3) is 0.409. The molecule has 0 spiro atoms. The number of hydrogen-bond acceptors (Lipinski definition) is 4. The van der Waals surface area contributed by atoms with E-state index in [1.54, 1.807) is 19.4 Å². The van der Waals surface area contributed by atoms with E-state index < -0.39 is 10.8 Å². The summed E-state index contributed by atoms with van der Waals surface area (Å²) in [4.78, 5) is 22.0. The van der Waals surface area contributed by atoms with E-state index in [1.165, 1.54) is 16.5 Å². The number of nitrogens with zero attached hydrogens (tertiary/aromatic N) is 3. The van der Waals surface area contributed by atoms with Gasteiger partial charge in [-0.1, -0.05) is 0 Å². The molecule has 2 heterocycles. The third-order valence-corrected chi connectivity index (χ3v) is 6.70. The molecule has 3 rings (SSSR count). The van der Waals surface area contributed by atoms with E-state index in [1.807, 2.05) is 33.8 Å². The molecule has 1 aliphatic rings. The van der Waals surface area contributed by atoms with E-state index in [9.17, 15) is 13.4 Å². The van der Waals surface area contributed by atoms with Crippen molar-refractivity contribution in [3.05, 3.63) is 47.0 Å². The Bertz CT molecular complexity index is 1010. The van der Waals surface area contributed by atoms with Crippen LogP contribution in [0, 0.1) is 12.7 Å². The standard InChI is InChI=1S/C22H26FN3O2S/c1-14-16(11-25-13-29(28)22(2,3)4)10-24-12-18(14)17-8-15-6-7-21(27)26(5)20(15)9-19(17)23/h8-10,12-13H,6-7,11H2,1-5H3. The Morgan fingerprint density at radius 3 is 2.66 bits per heavy atom. The first-order valence-electron chi connectivity index (χ1n) is 9.53. The van der Waals surface area contributed by atoms with E-state index in [2.05, 4.69) is 9.98 Å². The number of benzene rings is 1. The predicted molar refractivity (Wildman–Crippen MR) is 116 cm³/mol. The molecule has 1 aromatic heterocycles. The third kappa shape index (κ3) is 4.45. The Morgan fingerprint density at radius 1 is 1.24 bits per heavy atom. The van der Waals surface area contributed by atoms with Crippen LogP contribution in [0.3, 0.4) is 0 Å². The minimum absolute atomic E-state index is 0.00463. The topological polar surface area (TPSA) is 62.6 Å². The number of halogens is 1. The number of anilines is 1. The molecule has 154 valence electrons. The summed E-state index contributed by atoms with van der Waals surface area (Å²) in [6, 6.07) is 3.25. The number of carbonyl (C=O) groups excluding carboxylic acids is 1.